The van der Waals surface area contributed by atoms with Crippen LogP contribution in [0.3, 0.4) is 0 Å². The maximum atomic E-state index is 10.2. The molecule has 0 aliphatic heterocycles. The minimum Gasteiger partial charge on any atom is -0.461 e. The summed E-state index contributed by atoms with van der Waals surface area (Å²) in [5, 5.41) is 0. The first-order chi connectivity index (χ1) is 6.80. The summed E-state index contributed by atoms with van der Waals surface area (Å²) >= 11 is 0. The van der Waals surface area contributed by atoms with E-state index in [0.29, 0.717) is 6.61 Å². The molecule has 1 aromatic heterocycles. The van der Waals surface area contributed by atoms with Crippen molar-refractivity contribution in [2.75, 3.05) is 7.11 Å². The fourth-order valence-electron chi connectivity index (χ4n) is 1.47. The van der Waals surface area contributed by atoms with Gasteiger partial charge in [-0.2, -0.15) is 4.99 Å². The number of aliphatic imine (C=N–C) groups is 1. The molecular weight excluding hydrogens is 182 g/mol. The molecule has 1 aromatic rings. The molecule has 0 spiro atoms. The van der Waals surface area contributed by atoms with E-state index < -0.39 is 5.54 Å². The Balaban J connectivity index is 2.20. The van der Waals surface area contributed by atoms with Crippen LogP contribution in [0, 0.1) is 0 Å². The number of carbonyl (C=O) groups excluding carboxylic acids is 1. The van der Waals surface area contributed by atoms with Gasteiger partial charge in [-0.3, -0.25) is 0 Å². The normalized spacial score (nSPS) is 17.5. The van der Waals surface area contributed by atoms with Crippen molar-refractivity contribution in [2.24, 2.45) is 4.99 Å². The van der Waals surface area contributed by atoms with Crippen LogP contribution in [0.4, 0.5) is 0 Å². The van der Waals surface area contributed by atoms with E-state index in [2.05, 4.69) is 4.99 Å². The van der Waals surface area contributed by atoms with E-state index in [1.54, 1.807) is 13.2 Å². The van der Waals surface area contributed by atoms with E-state index >= 15 is 0 Å². The van der Waals surface area contributed by atoms with E-state index in [0.717, 1.165) is 24.4 Å². The third-order valence-electron chi connectivity index (χ3n) is 2.39. The van der Waals surface area contributed by atoms with Gasteiger partial charge < -0.3 is 9.15 Å². The second kappa shape index (κ2) is 3.40. The zero-order chi connectivity index (χ0) is 10.0. The summed E-state index contributed by atoms with van der Waals surface area (Å²) in [6.45, 7) is 0.445. The highest BCUT2D eigenvalue weighted by atomic mass is 16.5. The predicted octanol–water partition coefficient (Wildman–Crippen LogP) is 1.75. The smallest absolute Gasteiger partial charge is 0.235 e. The van der Waals surface area contributed by atoms with Gasteiger partial charge in [-0.1, -0.05) is 0 Å². The van der Waals surface area contributed by atoms with Gasteiger partial charge in [-0.25, -0.2) is 4.79 Å². The molecule has 0 aromatic carbocycles. The number of hydrogen-bond acceptors (Lipinski definition) is 4. The fraction of sp³-hybridized carbons (Fsp3) is 0.500. The lowest BCUT2D eigenvalue weighted by molar-refractivity contribution is 0.161. The van der Waals surface area contributed by atoms with Gasteiger partial charge in [0.15, 0.2) is 0 Å². The van der Waals surface area contributed by atoms with Crippen molar-refractivity contribution < 1.29 is 13.9 Å². The van der Waals surface area contributed by atoms with Crippen molar-refractivity contribution >= 4 is 6.08 Å². The van der Waals surface area contributed by atoms with E-state index in [1.165, 1.54) is 0 Å². The lowest BCUT2D eigenvalue weighted by atomic mass is 10.2. The van der Waals surface area contributed by atoms with Gasteiger partial charge in [0.2, 0.25) is 6.08 Å². The van der Waals surface area contributed by atoms with Crippen LogP contribution in [0.2, 0.25) is 0 Å². The maximum Gasteiger partial charge on any atom is 0.235 e. The molecule has 14 heavy (non-hydrogen) atoms. The first kappa shape index (κ1) is 9.19. The number of ether oxygens (including phenoxy) is 1. The number of furan rings is 1. The first-order valence-electron chi connectivity index (χ1n) is 4.48. The monoisotopic (exact) mass is 193 g/mol. The summed E-state index contributed by atoms with van der Waals surface area (Å²) in [5.74, 6) is 1.50. The maximum absolute atomic E-state index is 10.2. The highest BCUT2D eigenvalue weighted by Crippen LogP contribution is 2.49. The molecule has 4 heteroatoms. The number of hydrogen-bond donors (Lipinski definition) is 0. The predicted molar refractivity (Wildman–Crippen MR) is 48.5 cm³/mol. The van der Waals surface area contributed by atoms with E-state index in [9.17, 15) is 4.79 Å². The van der Waals surface area contributed by atoms with Gasteiger partial charge in [-0.05, 0) is 25.0 Å². The minimum absolute atomic E-state index is 0.409. The van der Waals surface area contributed by atoms with Gasteiger partial charge in [0.05, 0.1) is 0 Å². The zero-order valence-corrected chi connectivity index (χ0v) is 7.95. The number of isocyanates is 1. The lowest BCUT2D eigenvalue weighted by Gasteiger charge is -2.02. The van der Waals surface area contributed by atoms with Crippen molar-refractivity contribution in [1.29, 1.82) is 0 Å². The molecule has 1 aliphatic rings. The second-order valence-corrected chi connectivity index (χ2v) is 3.43. The Kier molecular flexibility index (Phi) is 2.23. The molecule has 0 amide bonds. The summed E-state index contributed by atoms with van der Waals surface area (Å²) < 4.78 is 10.4. The molecule has 4 nitrogen and oxygen atoms in total. The Morgan fingerprint density at radius 1 is 1.64 bits per heavy atom. The van der Waals surface area contributed by atoms with E-state index in [4.69, 9.17) is 9.15 Å². The van der Waals surface area contributed by atoms with Gasteiger partial charge in [-0.15, -0.1) is 0 Å². The average Bonchev–Trinajstić information content (AvgIpc) is 2.79. The van der Waals surface area contributed by atoms with Crippen LogP contribution >= 0.6 is 0 Å². The Bertz CT molecular complexity index is 372. The Labute approximate surface area is 81.6 Å². The van der Waals surface area contributed by atoms with E-state index in [-0.39, 0.29) is 0 Å². The van der Waals surface area contributed by atoms with Crippen molar-refractivity contribution in [3.63, 3.8) is 0 Å². The van der Waals surface area contributed by atoms with Crippen LogP contribution in [0.5, 0.6) is 0 Å². The third-order valence-corrected chi connectivity index (χ3v) is 2.39. The summed E-state index contributed by atoms with van der Waals surface area (Å²) in [6.07, 6.45) is 3.32. The largest absolute Gasteiger partial charge is 0.461 e. The van der Waals surface area contributed by atoms with Gasteiger partial charge in [0, 0.05) is 7.11 Å². The van der Waals surface area contributed by atoms with Crippen LogP contribution in [-0.4, -0.2) is 13.2 Å². The molecule has 0 bridgehead atoms. The van der Waals surface area contributed by atoms with Gasteiger partial charge in [0.1, 0.15) is 23.7 Å². The average molecular weight is 193 g/mol. The minimum atomic E-state index is -0.409. The molecule has 1 aliphatic carbocycles. The molecule has 1 fully saturated rings. The summed E-state index contributed by atoms with van der Waals surface area (Å²) in [4.78, 5) is 14.0. The van der Waals surface area contributed by atoms with Crippen molar-refractivity contribution in [3.05, 3.63) is 23.7 Å². The Hall–Kier alpha value is -1.38. The van der Waals surface area contributed by atoms with Crippen molar-refractivity contribution in [2.45, 2.75) is 25.0 Å². The second-order valence-electron chi connectivity index (χ2n) is 3.43. The summed E-state index contributed by atoms with van der Waals surface area (Å²) in [6, 6.07) is 3.70. The fourth-order valence-corrected chi connectivity index (χ4v) is 1.47. The van der Waals surface area contributed by atoms with Crippen LogP contribution in [-0.2, 0) is 21.7 Å². The van der Waals surface area contributed by atoms with Crippen LogP contribution < -0.4 is 0 Å². The highest BCUT2D eigenvalue weighted by Gasteiger charge is 2.47. The molecule has 0 atom stereocenters. The quantitative estimate of drug-likeness (QED) is 0.540. The molecule has 2 rings (SSSR count). The number of nitrogens with zero attached hydrogens (tertiary/aromatic N) is 1. The molecule has 1 saturated carbocycles. The zero-order valence-electron chi connectivity index (χ0n) is 7.95. The molecule has 0 N–H and O–H groups in total. The van der Waals surface area contributed by atoms with Crippen LogP contribution in [0.15, 0.2) is 21.5 Å². The van der Waals surface area contributed by atoms with Crippen molar-refractivity contribution in [3.8, 4) is 0 Å². The SMILES string of the molecule is COCc1ccc(C2(N=C=O)CC2)o1. The lowest BCUT2D eigenvalue weighted by Crippen LogP contribution is -1.99. The first-order valence-corrected chi connectivity index (χ1v) is 4.48. The number of rotatable bonds is 4. The van der Waals surface area contributed by atoms with Gasteiger partial charge in [0.25, 0.3) is 0 Å². The molecule has 0 saturated heterocycles. The molecule has 1 heterocycles. The summed E-state index contributed by atoms with van der Waals surface area (Å²) in [5.41, 5.74) is -0.409. The Morgan fingerprint density at radius 3 is 3.00 bits per heavy atom. The molecule has 0 unspecified atom stereocenters. The van der Waals surface area contributed by atoms with Gasteiger partial charge >= 0.3 is 0 Å². The molecular formula is C10H11NO3. The summed E-state index contributed by atoms with van der Waals surface area (Å²) in [7, 11) is 1.61. The highest BCUT2D eigenvalue weighted by molar-refractivity contribution is 5.39. The number of methoxy groups -OCH3 is 1. The molecule has 0 radical (unpaired) electrons. The Morgan fingerprint density at radius 2 is 2.43 bits per heavy atom. The van der Waals surface area contributed by atoms with E-state index in [1.807, 2.05) is 12.1 Å². The van der Waals surface area contributed by atoms with Crippen molar-refractivity contribution in [1.82, 2.24) is 0 Å². The standard InChI is InChI=1S/C10H11NO3/c1-13-6-8-2-3-9(14-8)10(4-5-10)11-7-12/h2-3H,4-6H2,1H3. The van der Waals surface area contributed by atoms with Crippen LogP contribution in [0.25, 0.3) is 0 Å². The topological polar surface area (TPSA) is 51.8 Å². The van der Waals surface area contributed by atoms with Crippen LogP contribution in [0.1, 0.15) is 24.4 Å². The third kappa shape index (κ3) is 1.50. The molecule has 74 valence electrons.